The highest BCUT2D eigenvalue weighted by molar-refractivity contribution is 4.89. The zero-order valence-corrected chi connectivity index (χ0v) is 8.51. The number of aliphatic hydroxyl groups is 1. The van der Waals surface area contributed by atoms with Gasteiger partial charge in [0.05, 0.1) is 5.60 Å². The maximum absolute atomic E-state index is 12.9. The van der Waals surface area contributed by atoms with Gasteiger partial charge < -0.3 is 10.4 Å². The van der Waals surface area contributed by atoms with Gasteiger partial charge in [-0.3, -0.25) is 4.90 Å². The molecule has 3 nitrogen and oxygen atoms in total. The molecular formula is C10H19FN2O. The molecule has 0 saturated carbocycles. The zero-order chi connectivity index (χ0) is 10.0. The summed E-state index contributed by atoms with van der Waals surface area (Å²) in [6.45, 7) is 3.72. The van der Waals surface area contributed by atoms with Crippen molar-refractivity contribution in [2.75, 3.05) is 32.7 Å². The number of rotatable bonds is 2. The molecule has 0 aromatic heterocycles. The molecule has 2 rings (SSSR count). The molecule has 2 fully saturated rings. The smallest absolute Gasteiger partial charge is 0.114 e. The van der Waals surface area contributed by atoms with Crippen LogP contribution in [0.25, 0.3) is 0 Å². The van der Waals surface area contributed by atoms with E-state index in [4.69, 9.17) is 0 Å². The van der Waals surface area contributed by atoms with Crippen molar-refractivity contribution in [3.8, 4) is 0 Å². The number of hydrogen-bond donors (Lipinski definition) is 2. The van der Waals surface area contributed by atoms with Crippen LogP contribution >= 0.6 is 0 Å². The number of halogens is 1. The first-order chi connectivity index (χ1) is 6.68. The van der Waals surface area contributed by atoms with Crippen molar-refractivity contribution in [3.05, 3.63) is 0 Å². The molecule has 14 heavy (non-hydrogen) atoms. The molecular weight excluding hydrogens is 183 g/mol. The number of alkyl halides is 1. The third kappa shape index (κ3) is 2.43. The van der Waals surface area contributed by atoms with Gasteiger partial charge in [-0.15, -0.1) is 0 Å². The van der Waals surface area contributed by atoms with E-state index >= 15 is 0 Å². The molecule has 0 amide bonds. The molecule has 0 aromatic carbocycles. The average Bonchev–Trinajstić information content (AvgIpc) is 2.51. The first kappa shape index (κ1) is 10.3. The number of piperidine rings is 1. The van der Waals surface area contributed by atoms with Crippen LogP contribution in [-0.2, 0) is 0 Å². The largest absolute Gasteiger partial charge is 0.388 e. The van der Waals surface area contributed by atoms with Gasteiger partial charge in [-0.1, -0.05) is 0 Å². The minimum Gasteiger partial charge on any atom is -0.388 e. The monoisotopic (exact) mass is 202 g/mol. The predicted octanol–water partition coefficient (Wildman–Crippen LogP) is 0.145. The topological polar surface area (TPSA) is 35.5 Å². The molecule has 1 atom stereocenters. The summed E-state index contributed by atoms with van der Waals surface area (Å²) in [5.41, 5.74) is -0.574. The van der Waals surface area contributed by atoms with Gasteiger partial charge in [-0.25, -0.2) is 4.39 Å². The molecule has 2 saturated heterocycles. The Morgan fingerprint density at radius 2 is 2.14 bits per heavy atom. The van der Waals surface area contributed by atoms with Gasteiger partial charge in [-0.2, -0.15) is 0 Å². The Hall–Kier alpha value is -0.190. The van der Waals surface area contributed by atoms with Gasteiger partial charge in [-0.05, 0) is 32.4 Å². The molecule has 4 heteroatoms. The molecule has 2 aliphatic rings. The van der Waals surface area contributed by atoms with Gasteiger partial charge in [0, 0.05) is 19.6 Å². The van der Waals surface area contributed by atoms with Crippen LogP contribution in [0.2, 0.25) is 0 Å². The van der Waals surface area contributed by atoms with Crippen molar-refractivity contribution in [3.63, 3.8) is 0 Å². The minimum atomic E-state index is -0.680. The summed E-state index contributed by atoms with van der Waals surface area (Å²) in [7, 11) is 0. The summed E-state index contributed by atoms with van der Waals surface area (Å²) in [5, 5.41) is 13.4. The van der Waals surface area contributed by atoms with E-state index in [0.29, 0.717) is 19.5 Å². The molecule has 2 N–H and O–H groups in total. The molecule has 1 unspecified atom stereocenters. The van der Waals surface area contributed by atoms with Gasteiger partial charge in [0.2, 0.25) is 0 Å². The maximum Gasteiger partial charge on any atom is 0.114 e. The van der Waals surface area contributed by atoms with Crippen LogP contribution in [0.1, 0.15) is 19.3 Å². The summed E-state index contributed by atoms with van der Waals surface area (Å²) in [5.74, 6) is 0. The van der Waals surface area contributed by atoms with E-state index in [2.05, 4.69) is 10.2 Å². The predicted molar refractivity (Wildman–Crippen MR) is 53.0 cm³/mol. The lowest BCUT2D eigenvalue weighted by Crippen LogP contribution is -2.49. The maximum atomic E-state index is 12.9. The number of nitrogens with one attached hydrogen (secondary N) is 1. The summed E-state index contributed by atoms with van der Waals surface area (Å²) in [4.78, 5) is 2.05. The molecule has 0 aliphatic carbocycles. The minimum absolute atomic E-state index is 0.510. The van der Waals surface area contributed by atoms with E-state index in [1.165, 1.54) is 0 Å². The lowest BCUT2D eigenvalue weighted by atomic mass is 9.92. The molecule has 2 aliphatic heterocycles. The second kappa shape index (κ2) is 4.13. The van der Waals surface area contributed by atoms with Gasteiger partial charge in [0.15, 0.2) is 0 Å². The molecule has 0 aromatic rings. The van der Waals surface area contributed by atoms with E-state index in [-0.39, 0.29) is 0 Å². The Morgan fingerprint density at radius 1 is 1.43 bits per heavy atom. The normalized spacial score (nSPS) is 33.4. The molecule has 0 spiro atoms. The van der Waals surface area contributed by atoms with Crippen LogP contribution in [0.5, 0.6) is 0 Å². The quantitative estimate of drug-likeness (QED) is 0.669. The second-order valence-corrected chi connectivity index (χ2v) is 4.60. The summed E-state index contributed by atoms with van der Waals surface area (Å²) in [6, 6.07) is 0. The lowest BCUT2D eigenvalue weighted by Gasteiger charge is -2.35. The van der Waals surface area contributed by atoms with Crippen LogP contribution in [-0.4, -0.2) is 54.5 Å². The molecule has 2 heterocycles. The Kier molecular flexibility index (Phi) is 3.04. The highest BCUT2D eigenvalue weighted by Gasteiger charge is 2.33. The van der Waals surface area contributed by atoms with E-state index < -0.39 is 11.8 Å². The van der Waals surface area contributed by atoms with Gasteiger partial charge in [0.25, 0.3) is 0 Å². The van der Waals surface area contributed by atoms with Crippen LogP contribution in [0.4, 0.5) is 4.39 Å². The lowest BCUT2D eigenvalue weighted by molar-refractivity contribution is -0.0168. The zero-order valence-electron chi connectivity index (χ0n) is 8.51. The second-order valence-electron chi connectivity index (χ2n) is 4.60. The standard InChI is InChI=1S/C10H19FN2O/c11-9-1-6-13(7-9)8-10(14)2-4-12-5-3-10/h9,12,14H,1-8H2. The number of β-amino-alcohol motifs (C(OH)–C–C–N with tert-alkyl or cyclic N) is 1. The van der Waals surface area contributed by atoms with Crippen molar-refractivity contribution < 1.29 is 9.50 Å². The first-order valence-electron chi connectivity index (χ1n) is 5.47. The Labute approximate surface area is 84.3 Å². The molecule has 82 valence electrons. The van der Waals surface area contributed by atoms with Crippen molar-refractivity contribution in [1.29, 1.82) is 0 Å². The number of likely N-dealkylation sites (tertiary alicyclic amines) is 1. The fourth-order valence-corrected chi connectivity index (χ4v) is 2.40. The fourth-order valence-electron chi connectivity index (χ4n) is 2.40. The van der Waals surface area contributed by atoms with Crippen LogP contribution in [0.3, 0.4) is 0 Å². The Balaban J connectivity index is 1.83. The van der Waals surface area contributed by atoms with Crippen molar-refractivity contribution in [1.82, 2.24) is 10.2 Å². The van der Waals surface area contributed by atoms with Gasteiger partial charge in [0.1, 0.15) is 6.17 Å². The van der Waals surface area contributed by atoms with E-state index in [1.54, 1.807) is 0 Å². The van der Waals surface area contributed by atoms with E-state index in [9.17, 15) is 9.50 Å². The Morgan fingerprint density at radius 3 is 2.71 bits per heavy atom. The highest BCUT2D eigenvalue weighted by Crippen LogP contribution is 2.22. The number of nitrogens with zero attached hydrogens (tertiary/aromatic N) is 1. The van der Waals surface area contributed by atoms with Crippen molar-refractivity contribution in [2.24, 2.45) is 0 Å². The summed E-state index contributed by atoms with van der Waals surface area (Å²) >= 11 is 0. The third-order valence-electron chi connectivity index (χ3n) is 3.27. The third-order valence-corrected chi connectivity index (χ3v) is 3.27. The number of hydrogen-bond acceptors (Lipinski definition) is 3. The SMILES string of the molecule is OC1(CN2CCC(F)C2)CCNCC1. The van der Waals surface area contributed by atoms with Crippen LogP contribution in [0.15, 0.2) is 0 Å². The van der Waals surface area contributed by atoms with E-state index in [0.717, 1.165) is 32.5 Å². The van der Waals surface area contributed by atoms with Gasteiger partial charge >= 0.3 is 0 Å². The van der Waals surface area contributed by atoms with Crippen LogP contribution in [0, 0.1) is 0 Å². The highest BCUT2D eigenvalue weighted by atomic mass is 19.1. The molecule has 0 radical (unpaired) electrons. The fraction of sp³-hybridized carbons (Fsp3) is 1.00. The van der Waals surface area contributed by atoms with E-state index in [1.807, 2.05) is 0 Å². The van der Waals surface area contributed by atoms with Crippen LogP contribution < -0.4 is 5.32 Å². The average molecular weight is 202 g/mol. The van der Waals surface area contributed by atoms with Crippen molar-refractivity contribution in [2.45, 2.75) is 31.0 Å². The summed E-state index contributed by atoms with van der Waals surface area (Å²) < 4.78 is 12.9. The Bertz CT molecular complexity index is 195. The first-order valence-corrected chi connectivity index (χ1v) is 5.47. The van der Waals surface area contributed by atoms with Crippen molar-refractivity contribution >= 4 is 0 Å². The summed E-state index contributed by atoms with van der Waals surface area (Å²) in [6.07, 6.45) is 1.54. The molecule has 0 bridgehead atoms.